The zero-order chi connectivity index (χ0) is 13.6. The molecule has 106 valence electrons. The minimum atomic E-state index is -3.12. The van der Waals surface area contributed by atoms with Crippen LogP contribution in [0.2, 0.25) is 5.54 Å². The molecule has 0 aromatic carbocycles. The highest BCUT2D eigenvalue weighted by molar-refractivity contribution is 14.1. The summed E-state index contributed by atoms with van der Waals surface area (Å²) in [5, 5.41) is 2.76. The van der Waals surface area contributed by atoms with Crippen molar-refractivity contribution >= 4 is 33.9 Å². The van der Waals surface area contributed by atoms with Gasteiger partial charge >= 0.3 is 12.1 Å². The van der Waals surface area contributed by atoms with Crippen LogP contribution < -0.4 is 5.32 Å². The Bertz CT molecular complexity index is 274. The van der Waals surface area contributed by atoms with Crippen LogP contribution in [0.15, 0.2) is 0 Å². The molecule has 1 fully saturated rings. The molecule has 0 aliphatic carbocycles. The van der Waals surface area contributed by atoms with Crippen LogP contribution in [0.5, 0.6) is 0 Å². The van der Waals surface area contributed by atoms with E-state index in [9.17, 15) is 14.4 Å². The topological polar surface area (TPSA) is 72.8 Å². The molecule has 3 N–H and O–H groups in total. The highest BCUT2D eigenvalue weighted by atomic mass is 127. The third-order valence-electron chi connectivity index (χ3n) is 3.37. The molecule has 1 rings (SSSR count). The number of rotatable bonds is 8. The highest BCUT2D eigenvalue weighted by Crippen LogP contribution is 2.32. The van der Waals surface area contributed by atoms with E-state index < -0.39 is 6.06 Å². The van der Waals surface area contributed by atoms with Crippen molar-refractivity contribution in [2.24, 2.45) is 0 Å². The van der Waals surface area contributed by atoms with E-state index >= 15 is 0 Å². The van der Waals surface area contributed by atoms with Gasteiger partial charge in [0.1, 0.15) is 0 Å². The van der Waals surface area contributed by atoms with Crippen LogP contribution in [0.4, 0.5) is 4.79 Å². The number of carbonyl (C=O) groups is 1. The molecule has 0 saturated carbocycles. The molecule has 1 unspecified atom stereocenters. The Hall–Kier alpha value is 0.137. The molecule has 0 aromatic rings. The van der Waals surface area contributed by atoms with Crippen LogP contribution in [0, 0.1) is 0 Å². The van der Waals surface area contributed by atoms with Crippen molar-refractivity contribution in [1.82, 2.24) is 10.2 Å². The minimum absolute atomic E-state index is 0.0288. The Morgan fingerprint density at radius 1 is 1.44 bits per heavy atom. The van der Waals surface area contributed by atoms with E-state index in [-0.39, 0.29) is 11.6 Å². The predicted octanol–water partition coefficient (Wildman–Crippen LogP) is 1.71. The summed E-state index contributed by atoms with van der Waals surface area (Å²) in [6, 6.07) is -3.15. The predicted molar refractivity (Wildman–Crippen MR) is 81.7 cm³/mol. The summed E-state index contributed by atoms with van der Waals surface area (Å²) in [5.41, 5.74) is -0.0435. The summed E-state index contributed by atoms with van der Waals surface area (Å²) < 4.78 is 0. The summed E-state index contributed by atoms with van der Waals surface area (Å²) >= 11 is 1.81. The quantitative estimate of drug-likeness (QED) is 0.257. The van der Waals surface area contributed by atoms with Gasteiger partial charge < -0.3 is 19.8 Å². The van der Waals surface area contributed by atoms with E-state index in [1.54, 1.807) is 4.90 Å². The van der Waals surface area contributed by atoms with Gasteiger partial charge in [0.15, 0.2) is 0 Å². The molecule has 1 aliphatic rings. The number of unbranched alkanes of at least 4 members (excludes halogenated alkanes) is 2. The van der Waals surface area contributed by atoms with Gasteiger partial charge in [-0.15, -0.1) is 0 Å². The van der Waals surface area contributed by atoms with Gasteiger partial charge in [0.05, 0.1) is 0 Å². The molecule has 2 amide bonds. The molecule has 1 aliphatic heterocycles. The van der Waals surface area contributed by atoms with Crippen LogP contribution in [-0.4, -0.2) is 46.2 Å². The van der Waals surface area contributed by atoms with Crippen LogP contribution in [-0.2, 0) is 0 Å². The fourth-order valence-electron chi connectivity index (χ4n) is 2.19. The van der Waals surface area contributed by atoms with Crippen molar-refractivity contribution < 1.29 is 14.4 Å². The lowest BCUT2D eigenvalue weighted by Gasteiger charge is -2.25. The van der Waals surface area contributed by atoms with Gasteiger partial charge in [0.2, 0.25) is 0 Å². The van der Waals surface area contributed by atoms with E-state index in [1.165, 1.54) is 0 Å². The number of amides is 2. The fraction of sp³-hybridized carbons (Fsp3) is 0.909. The molecule has 18 heavy (non-hydrogen) atoms. The molecule has 1 atom stereocenters. The number of carbonyl (C=O) groups excluding carboxylic acids is 1. The number of halogens is 1. The van der Waals surface area contributed by atoms with Gasteiger partial charge in [0, 0.05) is 25.2 Å². The Labute approximate surface area is 122 Å². The van der Waals surface area contributed by atoms with E-state index in [2.05, 4.69) is 12.2 Å². The third-order valence-corrected chi connectivity index (χ3v) is 7.63. The Balaban J connectivity index is 2.38. The van der Waals surface area contributed by atoms with E-state index in [4.69, 9.17) is 0 Å². The fourth-order valence-corrected chi connectivity index (χ4v) is 5.12. The largest absolute Gasteiger partial charge is 0.405 e. The first-order chi connectivity index (χ1) is 8.45. The number of hydrogen-bond donors (Lipinski definition) is 3. The molecule has 5 nitrogen and oxygen atoms in total. The minimum Gasteiger partial charge on any atom is -0.403 e. The standard InChI is InChI=1S/C11H23IN2O3Si/c1-2-3-4-5-10(18(12,16)17)6-8-14-9-7-13-11(14)15/h10,16-17H,2-9H2,1H3,(H,13,15). The zero-order valence-corrected chi connectivity index (χ0v) is 14.0. The number of nitrogens with one attached hydrogen (secondary N) is 1. The summed E-state index contributed by atoms with van der Waals surface area (Å²) in [5.74, 6) is 0. The molecular weight excluding hydrogens is 363 g/mol. The Morgan fingerprint density at radius 3 is 2.67 bits per heavy atom. The van der Waals surface area contributed by atoms with Gasteiger partial charge in [-0.25, -0.2) is 4.79 Å². The van der Waals surface area contributed by atoms with Crippen molar-refractivity contribution in [2.75, 3.05) is 19.6 Å². The van der Waals surface area contributed by atoms with Gasteiger partial charge in [-0.1, -0.05) is 26.2 Å². The summed E-state index contributed by atoms with van der Waals surface area (Å²) in [7, 11) is 0. The van der Waals surface area contributed by atoms with Gasteiger partial charge in [-0.2, -0.15) is 0 Å². The van der Waals surface area contributed by atoms with Crippen LogP contribution in [0.3, 0.4) is 0 Å². The number of hydrogen-bond acceptors (Lipinski definition) is 3. The summed E-state index contributed by atoms with van der Waals surface area (Å²) in [6.07, 6.45) is 4.84. The van der Waals surface area contributed by atoms with Crippen molar-refractivity contribution in [2.45, 2.75) is 44.6 Å². The van der Waals surface area contributed by atoms with Crippen molar-refractivity contribution in [3.8, 4) is 0 Å². The summed E-state index contributed by atoms with van der Waals surface area (Å²) in [4.78, 5) is 32.9. The van der Waals surface area contributed by atoms with E-state index in [0.717, 1.165) is 32.2 Å². The van der Waals surface area contributed by atoms with E-state index in [1.807, 2.05) is 21.8 Å². The second kappa shape index (κ2) is 7.66. The number of nitrogens with zero attached hydrogens (tertiary/aromatic N) is 1. The maximum absolute atomic E-state index is 11.4. The highest BCUT2D eigenvalue weighted by Gasteiger charge is 2.36. The molecule has 1 saturated heterocycles. The molecule has 7 heteroatoms. The van der Waals surface area contributed by atoms with Gasteiger partial charge in [-0.05, 0) is 34.6 Å². The first-order valence-corrected chi connectivity index (χ1v) is 11.7. The lowest BCUT2D eigenvalue weighted by atomic mass is 10.1. The average molecular weight is 386 g/mol. The molecule has 0 spiro atoms. The van der Waals surface area contributed by atoms with Gasteiger partial charge in [-0.3, -0.25) is 0 Å². The maximum atomic E-state index is 11.4. The van der Waals surface area contributed by atoms with Crippen molar-refractivity contribution in [1.29, 1.82) is 0 Å². The normalized spacial score (nSPS) is 18.0. The first kappa shape index (κ1) is 16.2. The monoisotopic (exact) mass is 386 g/mol. The van der Waals surface area contributed by atoms with Crippen molar-refractivity contribution in [3.63, 3.8) is 0 Å². The lowest BCUT2D eigenvalue weighted by molar-refractivity contribution is 0.215. The molecule has 0 radical (unpaired) electrons. The maximum Gasteiger partial charge on any atom is 0.405 e. The molecule has 1 heterocycles. The third kappa shape index (κ3) is 5.41. The smallest absolute Gasteiger partial charge is 0.403 e. The SMILES string of the molecule is CCCCCC(CCN1CCNC1=O)[Si](O)(O)I. The summed E-state index contributed by atoms with van der Waals surface area (Å²) in [6.45, 7) is 4.19. The van der Waals surface area contributed by atoms with Crippen LogP contribution in [0.1, 0.15) is 39.0 Å². The van der Waals surface area contributed by atoms with Crippen LogP contribution >= 0.6 is 21.8 Å². The Kier molecular flexibility index (Phi) is 6.89. The number of urea groups is 1. The molecule has 0 bridgehead atoms. The Morgan fingerprint density at radius 2 is 2.17 bits per heavy atom. The second-order valence-corrected chi connectivity index (χ2v) is 11.7. The molecular formula is C11H23IN2O3Si. The second-order valence-electron chi connectivity index (χ2n) is 4.84. The van der Waals surface area contributed by atoms with Crippen LogP contribution in [0.25, 0.3) is 0 Å². The molecule has 0 aromatic heterocycles. The van der Waals surface area contributed by atoms with E-state index in [0.29, 0.717) is 19.5 Å². The van der Waals surface area contributed by atoms with Crippen molar-refractivity contribution in [3.05, 3.63) is 0 Å². The first-order valence-electron chi connectivity index (χ1n) is 6.61. The lowest BCUT2D eigenvalue weighted by Crippen LogP contribution is -2.37. The average Bonchev–Trinajstić information content (AvgIpc) is 2.67. The van der Waals surface area contributed by atoms with Gasteiger partial charge in [0.25, 0.3) is 0 Å². The zero-order valence-electron chi connectivity index (χ0n) is 10.9.